The van der Waals surface area contributed by atoms with Gasteiger partial charge in [0.15, 0.2) is 0 Å². The highest BCUT2D eigenvalue weighted by Gasteiger charge is 2.16. The first-order chi connectivity index (χ1) is 11.3. The number of anilines is 1. The summed E-state index contributed by atoms with van der Waals surface area (Å²) in [5.41, 5.74) is 2.46. The van der Waals surface area contributed by atoms with Crippen molar-refractivity contribution in [2.24, 2.45) is 0 Å². The Morgan fingerprint density at radius 2 is 1.87 bits per heavy atom. The molecule has 122 valence electrons. The van der Waals surface area contributed by atoms with E-state index in [2.05, 4.69) is 51.5 Å². The molecule has 23 heavy (non-hydrogen) atoms. The lowest BCUT2D eigenvalue weighted by Crippen LogP contribution is -2.34. The van der Waals surface area contributed by atoms with Crippen LogP contribution in [0.25, 0.3) is 0 Å². The molecule has 5 heteroatoms. The van der Waals surface area contributed by atoms with Crippen LogP contribution in [0.15, 0.2) is 42.9 Å². The summed E-state index contributed by atoms with van der Waals surface area (Å²) in [7, 11) is 2.17. The molecule has 0 amide bonds. The van der Waals surface area contributed by atoms with Crippen LogP contribution >= 0.6 is 0 Å². The molecule has 0 saturated carbocycles. The van der Waals surface area contributed by atoms with Crippen LogP contribution in [0.5, 0.6) is 0 Å². The molecule has 2 heterocycles. The van der Waals surface area contributed by atoms with Crippen LogP contribution in [0.1, 0.15) is 24.0 Å². The zero-order valence-corrected chi connectivity index (χ0v) is 13.6. The van der Waals surface area contributed by atoms with Crippen molar-refractivity contribution in [3.63, 3.8) is 0 Å². The number of hydrogen-bond donors (Lipinski definition) is 1. The second-order valence-electron chi connectivity index (χ2n) is 6.08. The Labute approximate surface area is 137 Å². The van der Waals surface area contributed by atoms with Crippen LogP contribution < -0.4 is 5.32 Å². The Bertz CT molecular complexity index is 580. The summed E-state index contributed by atoms with van der Waals surface area (Å²) >= 11 is 0. The van der Waals surface area contributed by atoms with Crippen molar-refractivity contribution in [2.45, 2.75) is 32.1 Å². The van der Waals surface area contributed by atoms with E-state index in [4.69, 9.17) is 4.74 Å². The van der Waals surface area contributed by atoms with Crippen LogP contribution in [0.4, 0.5) is 5.82 Å². The number of benzene rings is 1. The van der Waals surface area contributed by atoms with Gasteiger partial charge >= 0.3 is 0 Å². The Kier molecular flexibility index (Phi) is 5.56. The van der Waals surface area contributed by atoms with E-state index in [-0.39, 0.29) is 0 Å². The third-order valence-electron chi connectivity index (χ3n) is 4.23. The van der Waals surface area contributed by atoms with Gasteiger partial charge in [0.1, 0.15) is 12.1 Å². The number of ether oxygens (including phenoxy) is 1. The monoisotopic (exact) mass is 312 g/mol. The molecule has 1 saturated heterocycles. The van der Waals surface area contributed by atoms with Crippen molar-refractivity contribution < 1.29 is 4.74 Å². The van der Waals surface area contributed by atoms with E-state index < -0.39 is 0 Å². The predicted octanol–water partition coefficient (Wildman–Crippen LogP) is 2.70. The third kappa shape index (κ3) is 5.01. The fourth-order valence-corrected chi connectivity index (χ4v) is 2.71. The van der Waals surface area contributed by atoms with Gasteiger partial charge in [-0.15, -0.1) is 0 Å². The van der Waals surface area contributed by atoms with Crippen LogP contribution in [-0.4, -0.2) is 41.1 Å². The molecule has 0 aliphatic carbocycles. The lowest BCUT2D eigenvalue weighted by Gasteiger charge is -2.28. The lowest BCUT2D eigenvalue weighted by molar-refractivity contribution is 0.00213. The van der Waals surface area contributed by atoms with Gasteiger partial charge in [-0.2, -0.15) is 0 Å². The van der Waals surface area contributed by atoms with Crippen LogP contribution in [0, 0.1) is 0 Å². The standard InChI is InChI=1S/C18H24N4O/c1-22-10-7-17(8-11-22)23-13-16-4-2-15(3-5-16)12-20-18-6-9-19-14-21-18/h2-6,9,14,17H,7-8,10-13H2,1H3,(H,19,20,21). The van der Waals surface area contributed by atoms with Crippen molar-refractivity contribution in [2.75, 3.05) is 25.5 Å². The van der Waals surface area contributed by atoms with E-state index in [0.29, 0.717) is 12.7 Å². The summed E-state index contributed by atoms with van der Waals surface area (Å²) < 4.78 is 6.03. The fraction of sp³-hybridized carbons (Fsp3) is 0.444. The van der Waals surface area contributed by atoms with Crippen molar-refractivity contribution in [1.29, 1.82) is 0 Å². The number of nitrogens with one attached hydrogen (secondary N) is 1. The van der Waals surface area contributed by atoms with E-state index in [1.165, 1.54) is 11.1 Å². The summed E-state index contributed by atoms with van der Waals surface area (Å²) in [4.78, 5) is 10.4. The van der Waals surface area contributed by atoms with E-state index in [1.54, 1.807) is 12.5 Å². The molecular weight excluding hydrogens is 288 g/mol. The molecule has 1 fully saturated rings. The molecule has 3 rings (SSSR count). The fourth-order valence-electron chi connectivity index (χ4n) is 2.71. The molecule has 1 aromatic heterocycles. The molecule has 1 aromatic carbocycles. The average molecular weight is 312 g/mol. The molecule has 5 nitrogen and oxygen atoms in total. The van der Waals surface area contributed by atoms with Crippen LogP contribution in [0.2, 0.25) is 0 Å². The van der Waals surface area contributed by atoms with Gasteiger partial charge in [-0.25, -0.2) is 9.97 Å². The van der Waals surface area contributed by atoms with Crippen LogP contribution in [-0.2, 0) is 17.9 Å². The molecule has 0 radical (unpaired) electrons. The van der Waals surface area contributed by atoms with Gasteiger partial charge in [0.05, 0.1) is 12.7 Å². The molecule has 2 aromatic rings. The highest BCUT2D eigenvalue weighted by molar-refractivity contribution is 5.34. The molecule has 0 bridgehead atoms. The summed E-state index contributed by atoms with van der Waals surface area (Å²) in [6.45, 7) is 3.73. The van der Waals surface area contributed by atoms with Gasteiger partial charge in [0.25, 0.3) is 0 Å². The van der Waals surface area contributed by atoms with E-state index >= 15 is 0 Å². The summed E-state index contributed by atoms with van der Waals surface area (Å²) in [5.74, 6) is 0.842. The van der Waals surface area contributed by atoms with E-state index in [0.717, 1.165) is 38.3 Å². The second kappa shape index (κ2) is 8.04. The number of piperidine rings is 1. The van der Waals surface area contributed by atoms with Gasteiger partial charge in [0.2, 0.25) is 0 Å². The minimum absolute atomic E-state index is 0.408. The Morgan fingerprint density at radius 3 is 2.57 bits per heavy atom. The minimum atomic E-state index is 0.408. The largest absolute Gasteiger partial charge is 0.373 e. The number of likely N-dealkylation sites (tertiary alicyclic amines) is 1. The van der Waals surface area contributed by atoms with Gasteiger partial charge < -0.3 is 15.0 Å². The molecule has 1 aliphatic rings. The molecule has 0 atom stereocenters. The average Bonchev–Trinajstić information content (AvgIpc) is 2.61. The molecular formula is C18H24N4O. The maximum absolute atomic E-state index is 6.03. The highest BCUT2D eigenvalue weighted by atomic mass is 16.5. The second-order valence-corrected chi connectivity index (χ2v) is 6.08. The Balaban J connectivity index is 1.43. The quantitative estimate of drug-likeness (QED) is 0.889. The SMILES string of the molecule is CN1CCC(OCc2ccc(CNc3ccncn3)cc2)CC1. The number of aromatic nitrogens is 2. The topological polar surface area (TPSA) is 50.3 Å². The van der Waals surface area contributed by atoms with Gasteiger partial charge in [-0.05, 0) is 37.1 Å². The van der Waals surface area contributed by atoms with Gasteiger partial charge in [-0.1, -0.05) is 24.3 Å². The van der Waals surface area contributed by atoms with Gasteiger partial charge in [-0.3, -0.25) is 0 Å². The third-order valence-corrected chi connectivity index (χ3v) is 4.23. The van der Waals surface area contributed by atoms with Crippen LogP contribution in [0.3, 0.4) is 0 Å². The zero-order valence-electron chi connectivity index (χ0n) is 13.6. The predicted molar refractivity (Wildman–Crippen MR) is 91.1 cm³/mol. The number of nitrogens with zero attached hydrogens (tertiary/aromatic N) is 3. The van der Waals surface area contributed by atoms with Crippen molar-refractivity contribution in [3.05, 3.63) is 54.0 Å². The van der Waals surface area contributed by atoms with Crippen molar-refractivity contribution in [3.8, 4) is 0 Å². The summed E-state index contributed by atoms with van der Waals surface area (Å²) in [6, 6.07) is 10.4. The zero-order chi connectivity index (χ0) is 15.9. The first kappa shape index (κ1) is 15.9. The number of hydrogen-bond acceptors (Lipinski definition) is 5. The van der Waals surface area contributed by atoms with Gasteiger partial charge in [0, 0.05) is 25.8 Å². The normalized spacial score (nSPS) is 16.4. The Morgan fingerprint density at radius 1 is 1.13 bits per heavy atom. The van der Waals surface area contributed by atoms with E-state index in [9.17, 15) is 0 Å². The molecule has 0 spiro atoms. The van der Waals surface area contributed by atoms with Crippen molar-refractivity contribution >= 4 is 5.82 Å². The minimum Gasteiger partial charge on any atom is -0.373 e. The van der Waals surface area contributed by atoms with E-state index in [1.807, 2.05) is 6.07 Å². The Hall–Kier alpha value is -1.98. The molecule has 1 aliphatic heterocycles. The highest BCUT2D eigenvalue weighted by Crippen LogP contribution is 2.15. The van der Waals surface area contributed by atoms with Crippen molar-refractivity contribution in [1.82, 2.24) is 14.9 Å². The summed E-state index contributed by atoms with van der Waals surface area (Å²) in [6.07, 6.45) is 5.96. The number of rotatable bonds is 6. The maximum Gasteiger partial charge on any atom is 0.129 e. The first-order valence-corrected chi connectivity index (χ1v) is 8.17. The molecule has 1 N–H and O–H groups in total. The lowest BCUT2D eigenvalue weighted by atomic mass is 10.1. The smallest absolute Gasteiger partial charge is 0.129 e. The summed E-state index contributed by atoms with van der Waals surface area (Å²) in [5, 5.41) is 3.28. The molecule has 0 unspecified atom stereocenters. The maximum atomic E-state index is 6.03. The first-order valence-electron chi connectivity index (χ1n) is 8.17.